The van der Waals surface area contributed by atoms with Gasteiger partial charge in [-0.15, -0.1) is 38.0 Å². The number of methoxy groups -OCH3 is 1. The van der Waals surface area contributed by atoms with Crippen molar-refractivity contribution in [2.75, 3.05) is 33.3 Å². The van der Waals surface area contributed by atoms with Gasteiger partial charge in [0.1, 0.15) is 11.5 Å². The van der Waals surface area contributed by atoms with Gasteiger partial charge in [0.05, 0.1) is 13.5 Å². The van der Waals surface area contributed by atoms with Crippen LogP contribution in [0.25, 0.3) is 0 Å². The highest BCUT2D eigenvalue weighted by molar-refractivity contribution is 5.85. The fourth-order valence-corrected chi connectivity index (χ4v) is 2.81. The van der Waals surface area contributed by atoms with Crippen molar-refractivity contribution in [3.63, 3.8) is 0 Å². The van der Waals surface area contributed by atoms with E-state index >= 15 is 0 Å². The molecule has 0 aromatic heterocycles. The third-order valence-electron chi connectivity index (χ3n) is 3.81. The van der Waals surface area contributed by atoms with Gasteiger partial charge in [0, 0.05) is 43.9 Å². The van der Waals surface area contributed by atoms with Crippen molar-refractivity contribution >= 4 is 24.8 Å². The first-order valence-corrected chi connectivity index (χ1v) is 7.54. The third-order valence-corrected chi connectivity index (χ3v) is 3.81. The van der Waals surface area contributed by atoms with Gasteiger partial charge in [0.2, 0.25) is 0 Å². The lowest BCUT2D eigenvalue weighted by Crippen LogP contribution is -2.46. The molecule has 27 heavy (non-hydrogen) atoms. The molecule has 1 aliphatic rings. The summed E-state index contributed by atoms with van der Waals surface area (Å²) in [5.41, 5.74) is 0.177. The maximum atomic E-state index is 13.0. The monoisotopic (exact) mass is 444 g/mol. The average Bonchev–Trinajstić information content (AvgIpc) is 2.51. The van der Waals surface area contributed by atoms with Crippen LogP contribution in [0.3, 0.4) is 0 Å². The molecule has 0 radical (unpaired) electrons. The van der Waals surface area contributed by atoms with Crippen LogP contribution in [0.2, 0.25) is 0 Å². The molecule has 0 unspecified atom stereocenters. The number of hydrogen-bond acceptors (Lipinski definition) is 4. The van der Waals surface area contributed by atoms with Crippen molar-refractivity contribution in [2.45, 2.75) is 25.0 Å². The Morgan fingerprint density at radius 3 is 2.15 bits per heavy atom. The molecule has 0 spiro atoms. The molecule has 2 rings (SSSR count). The normalized spacial score (nSPS) is 16.7. The Morgan fingerprint density at radius 1 is 1.07 bits per heavy atom. The summed E-state index contributed by atoms with van der Waals surface area (Å²) in [7, 11) is 1.19. The summed E-state index contributed by atoms with van der Waals surface area (Å²) < 4.78 is 84.9. The van der Waals surface area contributed by atoms with Gasteiger partial charge in [0.15, 0.2) is 0 Å². The predicted octanol–water partition coefficient (Wildman–Crippen LogP) is 4.34. The van der Waals surface area contributed by atoms with E-state index < -0.39 is 30.8 Å². The van der Waals surface area contributed by atoms with Crippen LogP contribution in [-0.4, -0.2) is 50.7 Å². The maximum Gasteiger partial charge on any atom is 0.573 e. The Morgan fingerprint density at radius 2 is 1.67 bits per heavy atom. The second-order valence-electron chi connectivity index (χ2n) is 5.57. The summed E-state index contributed by atoms with van der Waals surface area (Å²) in [5.74, 6) is -0.617. The molecule has 0 amide bonds. The zero-order chi connectivity index (χ0) is 18.7. The molecule has 4 nitrogen and oxygen atoms in total. The molecule has 1 aliphatic heterocycles. The third kappa shape index (κ3) is 8.20. The molecule has 1 aromatic carbocycles. The Hall–Kier alpha value is -1.10. The Kier molecular flexibility index (Phi) is 10.0. The van der Waals surface area contributed by atoms with Crippen molar-refractivity contribution in [3.8, 4) is 11.5 Å². The number of piperazine rings is 1. The van der Waals surface area contributed by atoms with Gasteiger partial charge in [-0.1, -0.05) is 6.07 Å². The summed E-state index contributed by atoms with van der Waals surface area (Å²) in [6, 6.07) is 2.10. The fourth-order valence-electron chi connectivity index (χ4n) is 2.81. The van der Waals surface area contributed by atoms with Gasteiger partial charge in [-0.2, -0.15) is 13.2 Å². The molecule has 1 N–H and O–H groups in total. The first kappa shape index (κ1) is 25.9. The number of halogens is 8. The van der Waals surface area contributed by atoms with Crippen molar-refractivity contribution in [3.05, 3.63) is 23.8 Å². The Labute approximate surface area is 165 Å². The average molecular weight is 445 g/mol. The van der Waals surface area contributed by atoms with Crippen molar-refractivity contribution in [1.82, 2.24) is 10.2 Å². The van der Waals surface area contributed by atoms with Crippen LogP contribution in [0.1, 0.15) is 18.0 Å². The van der Waals surface area contributed by atoms with Gasteiger partial charge in [-0.05, 0) is 6.07 Å². The highest BCUT2D eigenvalue weighted by atomic mass is 35.5. The topological polar surface area (TPSA) is 33.7 Å². The Balaban J connectivity index is 0.00000338. The van der Waals surface area contributed by atoms with E-state index in [9.17, 15) is 26.3 Å². The standard InChI is InChI=1S/C15H18F6N2O2.2ClH/c1-24-13-8-10(25-15(19,20)21)2-3-11(13)12(9-14(16,17)18)23-6-4-22-5-7-23;;/h2-3,8,12,22H,4-7,9H2,1H3;2*1H/t12-;;/m0../s1. The molecule has 1 heterocycles. The minimum absolute atomic E-state index is 0. The van der Waals surface area contributed by atoms with E-state index in [1.165, 1.54) is 13.2 Å². The number of ether oxygens (including phenoxy) is 2. The lowest BCUT2D eigenvalue weighted by atomic mass is 9.99. The van der Waals surface area contributed by atoms with E-state index in [-0.39, 0.29) is 36.1 Å². The Bertz CT molecular complexity index is 580. The molecular weight excluding hydrogens is 425 g/mol. The van der Waals surface area contributed by atoms with E-state index in [4.69, 9.17) is 4.74 Å². The number of benzene rings is 1. The molecule has 0 bridgehead atoms. The number of alkyl halides is 6. The second kappa shape index (κ2) is 10.4. The molecule has 0 aliphatic carbocycles. The van der Waals surface area contributed by atoms with Crippen LogP contribution < -0.4 is 14.8 Å². The van der Waals surface area contributed by atoms with Crippen LogP contribution >= 0.6 is 24.8 Å². The summed E-state index contributed by atoms with van der Waals surface area (Å²) in [6.07, 6.45) is -10.4. The van der Waals surface area contributed by atoms with Crippen molar-refractivity contribution < 1.29 is 35.8 Å². The van der Waals surface area contributed by atoms with Crippen molar-refractivity contribution in [1.29, 1.82) is 0 Å². The number of hydrogen-bond donors (Lipinski definition) is 1. The van der Waals surface area contributed by atoms with E-state index in [0.717, 1.165) is 12.1 Å². The highest BCUT2D eigenvalue weighted by Crippen LogP contribution is 2.40. The summed E-state index contributed by atoms with van der Waals surface area (Å²) in [5, 5.41) is 3.05. The van der Waals surface area contributed by atoms with Crippen LogP contribution in [0.5, 0.6) is 11.5 Å². The van der Waals surface area contributed by atoms with E-state index in [0.29, 0.717) is 26.2 Å². The maximum absolute atomic E-state index is 13.0. The van der Waals surface area contributed by atoms with E-state index in [2.05, 4.69) is 10.1 Å². The predicted molar refractivity (Wildman–Crippen MR) is 92.0 cm³/mol. The molecule has 12 heteroatoms. The van der Waals surface area contributed by atoms with Crippen LogP contribution in [-0.2, 0) is 0 Å². The van der Waals surface area contributed by atoms with Crippen LogP contribution in [0.4, 0.5) is 26.3 Å². The largest absolute Gasteiger partial charge is 0.573 e. The molecule has 1 saturated heterocycles. The lowest BCUT2D eigenvalue weighted by Gasteiger charge is -2.36. The molecule has 0 saturated carbocycles. The molecule has 1 aromatic rings. The quantitative estimate of drug-likeness (QED) is 0.685. The smallest absolute Gasteiger partial charge is 0.496 e. The molecule has 158 valence electrons. The zero-order valence-corrected chi connectivity index (χ0v) is 15.8. The number of nitrogens with zero attached hydrogens (tertiary/aromatic N) is 1. The first-order valence-electron chi connectivity index (χ1n) is 7.54. The minimum Gasteiger partial charge on any atom is -0.496 e. The van der Waals surface area contributed by atoms with Gasteiger partial charge in [-0.3, -0.25) is 4.90 Å². The molecular formula is C15H20Cl2F6N2O2. The number of rotatable bonds is 5. The van der Waals surface area contributed by atoms with Gasteiger partial charge in [0.25, 0.3) is 0 Å². The van der Waals surface area contributed by atoms with Gasteiger partial charge >= 0.3 is 12.5 Å². The summed E-state index contributed by atoms with van der Waals surface area (Å²) in [4.78, 5) is 1.64. The first-order chi connectivity index (χ1) is 11.6. The molecule has 1 atom stereocenters. The lowest BCUT2D eigenvalue weighted by molar-refractivity contribution is -0.274. The summed E-state index contributed by atoms with van der Waals surface area (Å²) >= 11 is 0. The SMILES string of the molecule is COc1cc(OC(F)(F)F)ccc1[C@H](CC(F)(F)F)N1CCNCC1.Cl.Cl. The molecule has 1 fully saturated rings. The van der Waals surface area contributed by atoms with Crippen LogP contribution in [0, 0.1) is 0 Å². The van der Waals surface area contributed by atoms with Gasteiger partial charge < -0.3 is 14.8 Å². The summed E-state index contributed by atoms with van der Waals surface area (Å²) in [6.45, 7) is 1.85. The number of nitrogens with one attached hydrogen (secondary N) is 1. The highest BCUT2D eigenvalue weighted by Gasteiger charge is 2.37. The zero-order valence-electron chi connectivity index (χ0n) is 14.2. The minimum atomic E-state index is -4.89. The van der Waals surface area contributed by atoms with Crippen molar-refractivity contribution in [2.24, 2.45) is 0 Å². The fraction of sp³-hybridized carbons (Fsp3) is 0.600. The van der Waals surface area contributed by atoms with Gasteiger partial charge in [-0.25, -0.2) is 0 Å². The second-order valence-corrected chi connectivity index (χ2v) is 5.57. The van der Waals surface area contributed by atoms with Crippen LogP contribution in [0.15, 0.2) is 18.2 Å². The van der Waals surface area contributed by atoms with E-state index in [1.54, 1.807) is 4.90 Å². The van der Waals surface area contributed by atoms with E-state index in [1.807, 2.05) is 0 Å².